The first-order valence-electron chi connectivity index (χ1n) is 5.04. The summed E-state index contributed by atoms with van der Waals surface area (Å²) in [5.41, 5.74) is 1.04. The Morgan fingerprint density at radius 2 is 2.00 bits per heavy atom. The molecular weight excluding hydrogens is 240 g/mol. The lowest BCUT2D eigenvalue weighted by atomic mass is 9.94. The van der Waals surface area contributed by atoms with E-state index in [1.165, 1.54) is 6.07 Å². The molecule has 1 atom stereocenters. The summed E-state index contributed by atoms with van der Waals surface area (Å²) in [6.07, 6.45) is 1.12. The van der Waals surface area contributed by atoms with Crippen LogP contribution in [0.2, 0.25) is 0 Å². The molecule has 0 saturated carbocycles. The second-order valence-corrected chi connectivity index (χ2v) is 5.99. The molecular formula is C12H12O4S. The molecule has 1 aliphatic rings. The number of ether oxygens (including phenoxy) is 1. The molecule has 1 heterocycles. The molecule has 0 aromatic heterocycles. The monoisotopic (exact) mass is 252 g/mol. The number of hydrogen-bond acceptors (Lipinski definition) is 4. The van der Waals surface area contributed by atoms with Crippen molar-refractivity contribution in [3.05, 3.63) is 42.0 Å². The van der Waals surface area contributed by atoms with Crippen molar-refractivity contribution < 1.29 is 17.9 Å². The molecule has 17 heavy (non-hydrogen) atoms. The maximum atomic E-state index is 11.6. The van der Waals surface area contributed by atoms with Crippen LogP contribution in [0.4, 0.5) is 0 Å². The third-order valence-corrected chi connectivity index (χ3v) is 3.84. The summed E-state index contributed by atoms with van der Waals surface area (Å²) in [4.78, 5) is 11.7. The molecule has 1 unspecified atom stereocenters. The summed E-state index contributed by atoms with van der Waals surface area (Å²) < 4.78 is 28.2. The van der Waals surface area contributed by atoms with E-state index in [2.05, 4.69) is 6.58 Å². The van der Waals surface area contributed by atoms with Gasteiger partial charge in [-0.2, -0.15) is 0 Å². The van der Waals surface area contributed by atoms with Crippen LogP contribution in [0, 0.1) is 0 Å². The van der Waals surface area contributed by atoms with Crippen LogP contribution in [0.15, 0.2) is 41.3 Å². The summed E-state index contributed by atoms with van der Waals surface area (Å²) >= 11 is 0. The van der Waals surface area contributed by atoms with Crippen LogP contribution in [0.25, 0.3) is 0 Å². The Bertz CT molecular complexity index is 570. The zero-order chi connectivity index (χ0) is 12.6. The number of esters is 1. The van der Waals surface area contributed by atoms with Crippen LogP contribution in [0.5, 0.6) is 0 Å². The Labute approximate surface area is 99.8 Å². The molecule has 1 aromatic rings. The van der Waals surface area contributed by atoms with Gasteiger partial charge in [0, 0.05) is 6.26 Å². The molecule has 90 valence electrons. The second-order valence-electron chi connectivity index (χ2n) is 4.01. The van der Waals surface area contributed by atoms with E-state index in [0.29, 0.717) is 11.1 Å². The van der Waals surface area contributed by atoms with Crippen molar-refractivity contribution in [2.24, 2.45) is 0 Å². The van der Waals surface area contributed by atoms with E-state index in [4.69, 9.17) is 4.74 Å². The fourth-order valence-electron chi connectivity index (χ4n) is 1.90. The quantitative estimate of drug-likeness (QED) is 0.587. The highest BCUT2D eigenvalue weighted by Gasteiger charge is 2.34. The predicted octanol–water partition coefficient (Wildman–Crippen LogP) is 1.29. The van der Waals surface area contributed by atoms with Crippen LogP contribution in [-0.2, 0) is 19.4 Å². The van der Waals surface area contributed by atoms with Crippen LogP contribution < -0.4 is 0 Å². The highest BCUT2D eigenvalue weighted by molar-refractivity contribution is 7.90. The zero-order valence-corrected chi connectivity index (χ0v) is 10.2. The first-order valence-corrected chi connectivity index (χ1v) is 6.93. The fraction of sp³-hybridized carbons (Fsp3) is 0.250. The third kappa shape index (κ3) is 2.10. The number of benzene rings is 1. The normalized spacial score (nSPS) is 20.4. The Hall–Kier alpha value is -1.62. The van der Waals surface area contributed by atoms with Crippen molar-refractivity contribution in [3.8, 4) is 0 Å². The molecule has 0 radical (unpaired) electrons. The van der Waals surface area contributed by atoms with Crippen molar-refractivity contribution in [2.75, 3.05) is 12.9 Å². The first-order chi connectivity index (χ1) is 7.91. The molecule has 1 fully saturated rings. The van der Waals surface area contributed by atoms with Gasteiger partial charge in [0.05, 0.1) is 4.90 Å². The third-order valence-electron chi connectivity index (χ3n) is 2.67. The molecule has 4 nitrogen and oxygen atoms in total. The molecule has 1 saturated heterocycles. The summed E-state index contributed by atoms with van der Waals surface area (Å²) in [5.74, 6) is -1.10. The number of carbonyl (C=O) groups excluding carboxylic acids is 1. The zero-order valence-electron chi connectivity index (χ0n) is 9.34. The van der Waals surface area contributed by atoms with Gasteiger partial charge >= 0.3 is 5.97 Å². The van der Waals surface area contributed by atoms with Gasteiger partial charge in [-0.15, -0.1) is 0 Å². The standard InChI is InChI=1S/C12H12O4S/c1-8-7-16-12(13)11(8)9-5-3-4-6-10(9)17(2,14)15/h3-6,11H,1,7H2,2H3. The van der Waals surface area contributed by atoms with Crippen molar-refractivity contribution >= 4 is 15.8 Å². The molecule has 2 rings (SSSR count). The maximum absolute atomic E-state index is 11.6. The molecule has 0 bridgehead atoms. The van der Waals surface area contributed by atoms with Gasteiger partial charge in [-0.1, -0.05) is 24.8 Å². The van der Waals surface area contributed by atoms with Crippen LogP contribution >= 0.6 is 0 Å². The van der Waals surface area contributed by atoms with E-state index >= 15 is 0 Å². The van der Waals surface area contributed by atoms with E-state index in [1.807, 2.05) is 0 Å². The highest BCUT2D eigenvalue weighted by Crippen LogP contribution is 2.34. The Balaban J connectivity index is 2.60. The maximum Gasteiger partial charge on any atom is 0.318 e. The van der Waals surface area contributed by atoms with Crippen LogP contribution in [0.3, 0.4) is 0 Å². The minimum atomic E-state index is -3.37. The van der Waals surface area contributed by atoms with E-state index in [9.17, 15) is 13.2 Å². The fourth-order valence-corrected chi connectivity index (χ4v) is 2.84. The van der Waals surface area contributed by atoms with Crippen molar-refractivity contribution in [1.82, 2.24) is 0 Å². The predicted molar refractivity (Wildman–Crippen MR) is 62.4 cm³/mol. The van der Waals surface area contributed by atoms with Gasteiger partial charge in [0.2, 0.25) is 0 Å². The first kappa shape index (κ1) is 11.9. The number of carbonyl (C=O) groups is 1. The lowest BCUT2D eigenvalue weighted by Crippen LogP contribution is -2.12. The largest absolute Gasteiger partial charge is 0.460 e. The Morgan fingerprint density at radius 3 is 2.53 bits per heavy atom. The van der Waals surface area contributed by atoms with Gasteiger partial charge in [0.25, 0.3) is 0 Å². The van der Waals surface area contributed by atoms with Gasteiger partial charge in [0.15, 0.2) is 9.84 Å². The van der Waals surface area contributed by atoms with Gasteiger partial charge in [-0.3, -0.25) is 4.79 Å². The molecule has 1 aromatic carbocycles. The summed E-state index contributed by atoms with van der Waals surface area (Å²) in [6, 6.07) is 6.44. The smallest absolute Gasteiger partial charge is 0.318 e. The summed E-state index contributed by atoms with van der Waals surface area (Å²) in [6.45, 7) is 3.90. The highest BCUT2D eigenvalue weighted by atomic mass is 32.2. The Kier molecular flexibility index (Phi) is 2.79. The van der Waals surface area contributed by atoms with Crippen molar-refractivity contribution in [2.45, 2.75) is 10.8 Å². The Morgan fingerprint density at radius 1 is 1.35 bits per heavy atom. The van der Waals surface area contributed by atoms with Crippen LogP contribution in [0.1, 0.15) is 11.5 Å². The summed E-state index contributed by atoms with van der Waals surface area (Å²) in [7, 11) is -3.37. The number of sulfone groups is 1. The van der Waals surface area contributed by atoms with E-state index in [1.54, 1.807) is 18.2 Å². The van der Waals surface area contributed by atoms with E-state index < -0.39 is 21.7 Å². The lowest BCUT2D eigenvalue weighted by molar-refractivity contribution is -0.139. The molecule has 1 aliphatic heterocycles. The molecule has 0 spiro atoms. The molecule has 0 N–H and O–H groups in total. The summed E-state index contributed by atoms with van der Waals surface area (Å²) in [5, 5.41) is 0. The van der Waals surface area contributed by atoms with Crippen LogP contribution in [-0.4, -0.2) is 27.2 Å². The number of cyclic esters (lactones) is 1. The average Bonchev–Trinajstić information content (AvgIpc) is 2.57. The number of hydrogen-bond donors (Lipinski definition) is 0. The van der Waals surface area contributed by atoms with Gasteiger partial charge < -0.3 is 4.74 Å². The molecule has 5 heteroatoms. The number of rotatable bonds is 2. The van der Waals surface area contributed by atoms with E-state index in [0.717, 1.165) is 6.26 Å². The lowest BCUT2D eigenvalue weighted by Gasteiger charge is -2.11. The minimum absolute atomic E-state index is 0.154. The average molecular weight is 252 g/mol. The van der Waals surface area contributed by atoms with Crippen molar-refractivity contribution in [1.29, 1.82) is 0 Å². The van der Waals surface area contributed by atoms with Crippen molar-refractivity contribution in [3.63, 3.8) is 0 Å². The van der Waals surface area contributed by atoms with Gasteiger partial charge in [-0.25, -0.2) is 8.42 Å². The van der Waals surface area contributed by atoms with Gasteiger partial charge in [0.1, 0.15) is 12.5 Å². The molecule has 0 aliphatic carbocycles. The second kappa shape index (κ2) is 4.00. The SMILES string of the molecule is C=C1COC(=O)C1c1ccccc1S(C)(=O)=O. The topological polar surface area (TPSA) is 60.4 Å². The van der Waals surface area contributed by atoms with Gasteiger partial charge in [-0.05, 0) is 17.2 Å². The minimum Gasteiger partial charge on any atom is -0.460 e. The van der Waals surface area contributed by atoms with E-state index in [-0.39, 0.29) is 11.5 Å². The molecule has 0 amide bonds.